The molecule has 13 heavy (non-hydrogen) atoms. The van der Waals surface area contributed by atoms with Crippen molar-refractivity contribution in [2.24, 2.45) is 0 Å². The van der Waals surface area contributed by atoms with Gasteiger partial charge in [-0.3, -0.25) is 4.39 Å². The van der Waals surface area contributed by atoms with Crippen LogP contribution in [0.5, 0.6) is 0 Å². The minimum Gasteiger partial charge on any atom is -0.250 e. The number of aryl methyl sites for hydroxylation is 1. The van der Waals surface area contributed by atoms with Crippen molar-refractivity contribution in [2.75, 3.05) is 6.67 Å². The Bertz CT molecular complexity index is 284. The van der Waals surface area contributed by atoms with Crippen molar-refractivity contribution in [3.8, 4) is 0 Å². The minimum atomic E-state index is -0.172. The molecule has 1 fully saturated rings. The largest absolute Gasteiger partial charge is 0.250 e. The van der Waals surface area contributed by atoms with Crippen molar-refractivity contribution in [3.05, 3.63) is 21.9 Å². The SMILES string of the molecule is Cc1ccsc1C1(CF)CCCC1. The molecule has 0 unspecified atom stereocenters. The smallest absolute Gasteiger partial charge is 0.0998 e. The van der Waals surface area contributed by atoms with Gasteiger partial charge in [0.05, 0.1) is 6.67 Å². The molecule has 1 saturated carbocycles. The first kappa shape index (κ1) is 9.20. The van der Waals surface area contributed by atoms with E-state index in [0.29, 0.717) is 0 Å². The van der Waals surface area contributed by atoms with E-state index in [2.05, 4.69) is 18.4 Å². The zero-order valence-electron chi connectivity index (χ0n) is 7.98. The highest BCUT2D eigenvalue weighted by Crippen LogP contribution is 2.44. The predicted molar refractivity (Wildman–Crippen MR) is 55.2 cm³/mol. The Morgan fingerprint density at radius 3 is 2.62 bits per heavy atom. The first-order valence-electron chi connectivity index (χ1n) is 4.89. The van der Waals surface area contributed by atoms with E-state index in [4.69, 9.17) is 0 Å². The normalized spacial score (nSPS) is 20.8. The van der Waals surface area contributed by atoms with Crippen LogP contribution in [0, 0.1) is 6.92 Å². The van der Waals surface area contributed by atoms with Crippen LogP contribution in [0.15, 0.2) is 11.4 Å². The predicted octanol–water partition coefficient (Wildman–Crippen LogP) is 3.84. The van der Waals surface area contributed by atoms with Crippen LogP contribution in [0.4, 0.5) is 4.39 Å². The van der Waals surface area contributed by atoms with Gasteiger partial charge in [-0.25, -0.2) is 0 Å². The topological polar surface area (TPSA) is 0 Å². The average molecular weight is 198 g/mol. The lowest BCUT2D eigenvalue weighted by atomic mass is 9.84. The van der Waals surface area contributed by atoms with E-state index in [9.17, 15) is 4.39 Å². The summed E-state index contributed by atoms with van der Waals surface area (Å²) in [6.07, 6.45) is 4.48. The standard InChI is InChI=1S/C11H15FS/c1-9-4-7-13-10(9)11(8-12)5-2-3-6-11/h4,7H,2-3,5-6,8H2,1H3. The molecule has 2 heteroatoms. The molecule has 0 N–H and O–H groups in total. The molecule has 0 spiro atoms. The number of rotatable bonds is 2. The summed E-state index contributed by atoms with van der Waals surface area (Å²) in [7, 11) is 0. The van der Waals surface area contributed by atoms with Gasteiger partial charge < -0.3 is 0 Å². The molecule has 0 atom stereocenters. The van der Waals surface area contributed by atoms with Gasteiger partial charge in [0.25, 0.3) is 0 Å². The summed E-state index contributed by atoms with van der Waals surface area (Å²) in [5, 5.41) is 2.08. The Morgan fingerprint density at radius 1 is 1.46 bits per heavy atom. The number of hydrogen-bond donors (Lipinski definition) is 0. The maximum absolute atomic E-state index is 13.1. The van der Waals surface area contributed by atoms with E-state index in [0.717, 1.165) is 12.8 Å². The van der Waals surface area contributed by atoms with Crippen LogP contribution in [-0.4, -0.2) is 6.67 Å². The first-order chi connectivity index (χ1) is 6.28. The molecule has 0 aromatic carbocycles. The Kier molecular flexibility index (Phi) is 2.41. The van der Waals surface area contributed by atoms with E-state index in [1.165, 1.54) is 23.3 Å². The summed E-state index contributed by atoms with van der Waals surface area (Å²) in [4.78, 5) is 1.30. The highest BCUT2D eigenvalue weighted by Gasteiger charge is 2.37. The second kappa shape index (κ2) is 3.41. The number of hydrogen-bond acceptors (Lipinski definition) is 1. The molecule has 0 aliphatic heterocycles. The van der Waals surface area contributed by atoms with Crippen molar-refractivity contribution in [1.82, 2.24) is 0 Å². The number of halogens is 1. The third kappa shape index (κ3) is 1.41. The zero-order valence-corrected chi connectivity index (χ0v) is 8.79. The van der Waals surface area contributed by atoms with Gasteiger partial charge in [0.2, 0.25) is 0 Å². The highest BCUT2D eigenvalue weighted by atomic mass is 32.1. The van der Waals surface area contributed by atoms with Crippen LogP contribution in [0.2, 0.25) is 0 Å². The monoisotopic (exact) mass is 198 g/mol. The fourth-order valence-corrected chi connectivity index (χ4v) is 3.56. The fraction of sp³-hybridized carbons (Fsp3) is 0.636. The van der Waals surface area contributed by atoms with E-state index < -0.39 is 0 Å². The van der Waals surface area contributed by atoms with E-state index >= 15 is 0 Å². The molecule has 2 rings (SSSR count). The molecule has 0 amide bonds. The molecule has 0 saturated heterocycles. The molecule has 72 valence electrons. The second-order valence-electron chi connectivity index (χ2n) is 4.05. The van der Waals surface area contributed by atoms with Crippen molar-refractivity contribution in [3.63, 3.8) is 0 Å². The molecule has 0 radical (unpaired) electrons. The summed E-state index contributed by atoms with van der Waals surface area (Å²) in [5.41, 5.74) is 1.18. The summed E-state index contributed by atoms with van der Waals surface area (Å²) < 4.78 is 13.1. The Labute approximate surface area is 82.8 Å². The average Bonchev–Trinajstić information content (AvgIpc) is 2.73. The zero-order chi connectivity index (χ0) is 9.31. The maximum Gasteiger partial charge on any atom is 0.0998 e. The summed E-state index contributed by atoms with van der Waals surface area (Å²) in [5.74, 6) is 0. The van der Waals surface area contributed by atoms with Gasteiger partial charge in [-0.1, -0.05) is 12.8 Å². The third-order valence-electron chi connectivity index (χ3n) is 3.16. The molecule has 1 aromatic rings. The van der Waals surface area contributed by atoms with Gasteiger partial charge in [-0.05, 0) is 36.8 Å². The van der Waals surface area contributed by atoms with Crippen molar-refractivity contribution < 1.29 is 4.39 Å². The molecule has 0 nitrogen and oxygen atoms in total. The molecule has 1 heterocycles. The molecular formula is C11H15FS. The highest BCUT2D eigenvalue weighted by molar-refractivity contribution is 7.10. The number of thiophene rings is 1. The van der Waals surface area contributed by atoms with Crippen molar-refractivity contribution in [2.45, 2.75) is 38.0 Å². The van der Waals surface area contributed by atoms with Gasteiger partial charge in [0, 0.05) is 10.3 Å². The minimum absolute atomic E-state index is 0.0990. The van der Waals surface area contributed by atoms with Gasteiger partial charge in [-0.2, -0.15) is 0 Å². The van der Waals surface area contributed by atoms with Crippen molar-refractivity contribution in [1.29, 1.82) is 0 Å². The van der Waals surface area contributed by atoms with Crippen molar-refractivity contribution >= 4 is 11.3 Å². The van der Waals surface area contributed by atoms with Crippen LogP contribution < -0.4 is 0 Å². The Morgan fingerprint density at radius 2 is 2.15 bits per heavy atom. The van der Waals surface area contributed by atoms with Gasteiger partial charge in [-0.15, -0.1) is 11.3 Å². The van der Waals surface area contributed by atoms with Crippen LogP contribution in [0.25, 0.3) is 0 Å². The summed E-state index contributed by atoms with van der Waals surface area (Å²) >= 11 is 1.73. The lowest BCUT2D eigenvalue weighted by molar-refractivity contribution is 0.313. The molecular weight excluding hydrogens is 183 g/mol. The lowest BCUT2D eigenvalue weighted by Crippen LogP contribution is -2.24. The van der Waals surface area contributed by atoms with E-state index in [1.807, 2.05) is 0 Å². The molecule has 1 aliphatic rings. The van der Waals surface area contributed by atoms with Crippen LogP contribution in [0.3, 0.4) is 0 Å². The first-order valence-corrected chi connectivity index (χ1v) is 5.77. The molecule has 1 aliphatic carbocycles. The summed E-state index contributed by atoms with van der Waals surface area (Å²) in [6, 6.07) is 2.11. The quantitative estimate of drug-likeness (QED) is 0.677. The fourth-order valence-electron chi connectivity index (χ4n) is 2.39. The van der Waals surface area contributed by atoms with Gasteiger partial charge in [0.1, 0.15) is 0 Å². The maximum atomic E-state index is 13.1. The van der Waals surface area contributed by atoms with Crippen LogP contribution in [-0.2, 0) is 5.41 Å². The second-order valence-corrected chi connectivity index (χ2v) is 4.97. The Hall–Kier alpha value is -0.370. The molecule has 1 aromatic heterocycles. The summed E-state index contributed by atoms with van der Waals surface area (Å²) in [6.45, 7) is 1.93. The number of alkyl halides is 1. The molecule has 0 bridgehead atoms. The van der Waals surface area contributed by atoms with Gasteiger partial charge in [0.15, 0.2) is 0 Å². The lowest BCUT2D eigenvalue weighted by Gasteiger charge is -2.24. The Balaban J connectivity index is 2.36. The van der Waals surface area contributed by atoms with Crippen LogP contribution in [0.1, 0.15) is 36.1 Å². The van der Waals surface area contributed by atoms with Gasteiger partial charge >= 0.3 is 0 Å². The van der Waals surface area contributed by atoms with E-state index in [1.54, 1.807) is 11.3 Å². The van der Waals surface area contributed by atoms with E-state index in [-0.39, 0.29) is 12.1 Å². The van der Waals surface area contributed by atoms with Crippen LogP contribution >= 0.6 is 11.3 Å². The third-order valence-corrected chi connectivity index (χ3v) is 4.42.